The molecule has 0 unspecified atom stereocenters. The van der Waals surface area contributed by atoms with E-state index in [1.807, 2.05) is 33.8 Å². The minimum absolute atomic E-state index is 0.106. The standard InChI is InChI=1S/C30H54O4/c1-7-9-11-12-13-14-15-16-17-18-19-20-22-26-28(34-30(5,6)32-26)24-23-27-25(21-10-8-2)31-29(3,4)33-27/h8,18-19,25-28H,2,7,9-17,20-24H2,1,3-6H3/b19-18-/t25-,26-,27-,28-/m0/s1. The predicted molar refractivity (Wildman–Crippen MR) is 142 cm³/mol. The molecule has 0 N–H and O–H groups in total. The maximum atomic E-state index is 6.29. The molecule has 4 atom stereocenters. The van der Waals surface area contributed by atoms with Gasteiger partial charge in [-0.05, 0) is 79.1 Å². The van der Waals surface area contributed by atoms with Gasteiger partial charge in [0, 0.05) is 0 Å². The number of rotatable bonds is 18. The van der Waals surface area contributed by atoms with E-state index in [9.17, 15) is 0 Å². The van der Waals surface area contributed by atoms with Crippen molar-refractivity contribution in [1.29, 1.82) is 0 Å². The number of hydrogen-bond acceptors (Lipinski definition) is 4. The van der Waals surface area contributed by atoms with Crippen molar-refractivity contribution in [3.8, 4) is 0 Å². The summed E-state index contributed by atoms with van der Waals surface area (Å²) in [5, 5.41) is 0. The van der Waals surface area contributed by atoms with Gasteiger partial charge in [-0.2, -0.15) is 0 Å². The topological polar surface area (TPSA) is 36.9 Å². The van der Waals surface area contributed by atoms with Gasteiger partial charge in [0.2, 0.25) is 0 Å². The van der Waals surface area contributed by atoms with Crippen LogP contribution in [0.25, 0.3) is 0 Å². The molecule has 0 spiro atoms. The van der Waals surface area contributed by atoms with Gasteiger partial charge in [-0.1, -0.05) is 70.1 Å². The van der Waals surface area contributed by atoms with Crippen molar-refractivity contribution in [2.45, 2.75) is 167 Å². The van der Waals surface area contributed by atoms with Crippen molar-refractivity contribution >= 4 is 0 Å². The summed E-state index contributed by atoms with van der Waals surface area (Å²) in [4.78, 5) is 0. The highest BCUT2D eigenvalue weighted by Crippen LogP contribution is 2.37. The van der Waals surface area contributed by atoms with E-state index in [2.05, 4.69) is 25.7 Å². The van der Waals surface area contributed by atoms with Crippen LogP contribution in [-0.2, 0) is 18.9 Å². The Morgan fingerprint density at radius 1 is 0.559 bits per heavy atom. The summed E-state index contributed by atoms with van der Waals surface area (Å²) in [7, 11) is 0. The summed E-state index contributed by atoms with van der Waals surface area (Å²) in [5.74, 6) is -1.02. The maximum absolute atomic E-state index is 6.29. The lowest BCUT2D eigenvalue weighted by atomic mass is 9.98. The molecule has 0 saturated carbocycles. The van der Waals surface area contributed by atoms with Gasteiger partial charge >= 0.3 is 0 Å². The van der Waals surface area contributed by atoms with Crippen LogP contribution in [0.4, 0.5) is 0 Å². The minimum Gasteiger partial charge on any atom is -0.345 e. The van der Waals surface area contributed by atoms with Gasteiger partial charge in [-0.15, -0.1) is 6.58 Å². The molecule has 0 aromatic carbocycles. The van der Waals surface area contributed by atoms with E-state index in [1.165, 1.54) is 57.8 Å². The molecule has 0 aliphatic carbocycles. The molecule has 2 saturated heterocycles. The predicted octanol–water partition coefficient (Wildman–Crippen LogP) is 8.64. The summed E-state index contributed by atoms with van der Waals surface area (Å²) in [6.45, 7) is 14.2. The molecule has 0 amide bonds. The van der Waals surface area contributed by atoms with Crippen LogP contribution < -0.4 is 0 Å². The Morgan fingerprint density at radius 3 is 1.47 bits per heavy atom. The average Bonchev–Trinajstić information content (AvgIpc) is 3.24. The van der Waals surface area contributed by atoms with E-state index in [4.69, 9.17) is 18.9 Å². The highest BCUT2D eigenvalue weighted by molar-refractivity contribution is 4.89. The second-order valence-electron chi connectivity index (χ2n) is 11.2. The van der Waals surface area contributed by atoms with Crippen molar-refractivity contribution in [1.82, 2.24) is 0 Å². The molecule has 2 aliphatic rings. The Hall–Kier alpha value is -0.680. The lowest BCUT2D eigenvalue weighted by Gasteiger charge is -2.21. The van der Waals surface area contributed by atoms with Crippen LogP contribution in [0.3, 0.4) is 0 Å². The molecule has 198 valence electrons. The smallest absolute Gasteiger partial charge is 0.163 e. The van der Waals surface area contributed by atoms with Gasteiger partial charge < -0.3 is 18.9 Å². The Labute approximate surface area is 210 Å². The third-order valence-electron chi connectivity index (χ3n) is 6.97. The van der Waals surface area contributed by atoms with E-state index in [1.54, 1.807) is 0 Å². The van der Waals surface area contributed by atoms with Gasteiger partial charge in [0.25, 0.3) is 0 Å². The van der Waals surface area contributed by atoms with Crippen molar-refractivity contribution in [2.24, 2.45) is 0 Å². The first-order valence-electron chi connectivity index (χ1n) is 14.2. The molecule has 4 nitrogen and oxygen atoms in total. The fourth-order valence-electron chi connectivity index (χ4n) is 5.30. The Morgan fingerprint density at radius 2 is 0.971 bits per heavy atom. The zero-order valence-corrected chi connectivity index (χ0v) is 23.0. The molecular formula is C30H54O4. The molecule has 0 radical (unpaired) electrons. The molecule has 2 fully saturated rings. The third-order valence-corrected chi connectivity index (χ3v) is 6.97. The molecule has 2 aliphatic heterocycles. The number of ether oxygens (including phenoxy) is 4. The molecule has 34 heavy (non-hydrogen) atoms. The third kappa shape index (κ3) is 11.4. The van der Waals surface area contributed by atoms with Crippen LogP contribution in [0.1, 0.15) is 131 Å². The van der Waals surface area contributed by atoms with Crippen LogP contribution in [0.15, 0.2) is 24.8 Å². The van der Waals surface area contributed by atoms with Crippen LogP contribution in [-0.4, -0.2) is 36.0 Å². The molecule has 0 aromatic heterocycles. The lowest BCUT2D eigenvalue weighted by Crippen LogP contribution is -2.28. The summed E-state index contributed by atoms with van der Waals surface area (Å²) in [6.07, 6.45) is 25.2. The number of allylic oxidation sites excluding steroid dienone is 3. The first kappa shape index (κ1) is 29.5. The second kappa shape index (κ2) is 15.4. The van der Waals surface area contributed by atoms with Crippen molar-refractivity contribution < 1.29 is 18.9 Å². The van der Waals surface area contributed by atoms with Gasteiger partial charge in [0.05, 0.1) is 24.4 Å². The zero-order valence-electron chi connectivity index (χ0n) is 23.0. The number of unbranched alkanes of at least 4 members (excludes halogenated alkanes) is 8. The maximum Gasteiger partial charge on any atom is 0.163 e. The number of hydrogen-bond donors (Lipinski definition) is 0. The van der Waals surface area contributed by atoms with Crippen LogP contribution >= 0.6 is 0 Å². The summed E-state index contributed by atoms with van der Waals surface area (Å²) in [6, 6.07) is 0. The van der Waals surface area contributed by atoms with Gasteiger partial charge in [-0.3, -0.25) is 0 Å². The van der Waals surface area contributed by atoms with Gasteiger partial charge in [0.1, 0.15) is 0 Å². The second-order valence-corrected chi connectivity index (χ2v) is 11.2. The fraction of sp³-hybridized carbons (Fsp3) is 0.867. The van der Waals surface area contributed by atoms with Gasteiger partial charge in [-0.25, -0.2) is 0 Å². The van der Waals surface area contributed by atoms with Crippen molar-refractivity contribution in [3.63, 3.8) is 0 Å². The first-order valence-corrected chi connectivity index (χ1v) is 14.2. The monoisotopic (exact) mass is 478 g/mol. The summed E-state index contributed by atoms with van der Waals surface area (Å²) >= 11 is 0. The lowest BCUT2D eigenvalue weighted by molar-refractivity contribution is -0.152. The Balaban J connectivity index is 1.67. The molecular weight excluding hydrogens is 424 g/mol. The molecule has 0 aromatic rings. The van der Waals surface area contributed by atoms with Crippen molar-refractivity contribution in [2.75, 3.05) is 0 Å². The van der Waals surface area contributed by atoms with E-state index >= 15 is 0 Å². The Kier molecular flexibility index (Phi) is 13.4. The molecule has 2 rings (SSSR count). The SMILES string of the molecule is C=CCC[C@@H]1OC(C)(C)O[C@H]1CC[C@@H]1OC(C)(C)O[C@H]1CC/C=C\CCCCCCCCCC. The van der Waals surface area contributed by atoms with E-state index in [0.29, 0.717) is 0 Å². The van der Waals surface area contributed by atoms with Gasteiger partial charge in [0.15, 0.2) is 11.6 Å². The highest BCUT2D eigenvalue weighted by atomic mass is 16.8. The molecule has 2 heterocycles. The zero-order chi connectivity index (χ0) is 24.9. The van der Waals surface area contributed by atoms with E-state index < -0.39 is 11.6 Å². The normalized spacial score (nSPS) is 28.1. The minimum atomic E-state index is -0.512. The van der Waals surface area contributed by atoms with Crippen LogP contribution in [0, 0.1) is 0 Å². The quantitative estimate of drug-likeness (QED) is 0.146. The van der Waals surface area contributed by atoms with Crippen LogP contribution in [0.5, 0.6) is 0 Å². The molecule has 4 heteroatoms. The Bertz CT molecular complexity index is 582. The van der Waals surface area contributed by atoms with E-state index in [-0.39, 0.29) is 24.4 Å². The average molecular weight is 479 g/mol. The van der Waals surface area contributed by atoms with Crippen molar-refractivity contribution in [3.05, 3.63) is 24.8 Å². The fourth-order valence-corrected chi connectivity index (χ4v) is 5.30. The summed E-state index contributed by atoms with van der Waals surface area (Å²) in [5.41, 5.74) is 0. The van der Waals surface area contributed by atoms with Crippen LogP contribution in [0.2, 0.25) is 0 Å². The highest BCUT2D eigenvalue weighted by Gasteiger charge is 2.44. The molecule has 0 bridgehead atoms. The largest absolute Gasteiger partial charge is 0.345 e. The first-order chi connectivity index (χ1) is 16.3. The summed E-state index contributed by atoms with van der Waals surface area (Å²) < 4.78 is 24.9. The van der Waals surface area contributed by atoms with E-state index in [0.717, 1.165) is 38.5 Å².